The molecule has 3 rings (SSSR count). The minimum absolute atomic E-state index is 0.0207. The summed E-state index contributed by atoms with van der Waals surface area (Å²) in [5.41, 5.74) is 2.91. The average molecular weight is 381 g/mol. The van der Waals surface area contributed by atoms with Crippen molar-refractivity contribution in [1.82, 2.24) is 10.6 Å². The lowest BCUT2D eigenvalue weighted by molar-refractivity contribution is -0.115. The Morgan fingerprint density at radius 2 is 1.89 bits per heavy atom. The lowest BCUT2D eigenvalue weighted by Gasteiger charge is -2.25. The Morgan fingerprint density at radius 3 is 2.64 bits per heavy atom. The van der Waals surface area contributed by atoms with Gasteiger partial charge in [0.15, 0.2) is 0 Å². The zero-order valence-corrected chi connectivity index (χ0v) is 16.3. The van der Waals surface area contributed by atoms with E-state index in [4.69, 9.17) is 4.74 Å². The summed E-state index contributed by atoms with van der Waals surface area (Å²) in [7, 11) is 0. The number of hydrogen-bond acceptors (Lipinski definition) is 3. The molecule has 2 atom stereocenters. The lowest BCUT2D eigenvalue weighted by atomic mass is 9.97. The summed E-state index contributed by atoms with van der Waals surface area (Å²) < 4.78 is 5.76. The second-order valence-electron chi connectivity index (χ2n) is 7.09. The molecule has 2 aromatic carbocycles. The van der Waals surface area contributed by atoms with Crippen molar-refractivity contribution in [3.05, 3.63) is 59.7 Å². The van der Waals surface area contributed by atoms with Crippen LogP contribution >= 0.6 is 0 Å². The number of ether oxygens (including phenoxy) is 1. The van der Waals surface area contributed by atoms with Gasteiger partial charge in [0.1, 0.15) is 5.75 Å². The molecule has 3 amide bonds. The van der Waals surface area contributed by atoms with Gasteiger partial charge in [-0.3, -0.25) is 4.79 Å². The van der Waals surface area contributed by atoms with Crippen LogP contribution in [0, 0.1) is 5.92 Å². The van der Waals surface area contributed by atoms with Gasteiger partial charge in [-0.25, -0.2) is 4.79 Å². The maximum absolute atomic E-state index is 12.2. The highest BCUT2D eigenvalue weighted by molar-refractivity contribution is 5.90. The highest BCUT2D eigenvalue weighted by atomic mass is 16.5. The molecule has 0 radical (unpaired) electrons. The monoisotopic (exact) mass is 381 g/mol. The summed E-state index contributed by atoms with van der Waals surface area (Å²) in [4.78, 5) is 23.7. The highest BCUT2D eigenvalue weighted by Gasteiger charge is 2.20. The molecule has 6 nitrogen and oxygen atoms in total. The fraction of sp³-hybridized carbons (Fsp3) is 0.364. The van der Waals surface area contributed by atoms with Crippen molar-refractivity contribution in [2.75, 3.05) is 18.5 Å². The van der Waals surface area contributed by atoms with Gasteiger partial charge in [-0.15, -0.1) is 0 Å². The molecule has 1 aliphatic rings. The summed E-state index contributed by atoms with van der Waals surface area (Å²) in [6, 6.07) is 15.2. The smallest absolute Gasteiger partial charge is 0.315 e. The van der Waals surface area contributed by atoms with E-state index in [0.717, 1.165) is 23.4 Å². The van der Waals surface area contributed by atoms with Crippen LogP contribution in [0.1, 0.15) is 37.4 Å². The van der Waals surface area contributed by atoms with Crippen molar-refractivity contribution < 1.29 is 14.3 Å². The maximum atomic E-state index is 12.2. The summed E-state index contributed by atoms with van der Waals surface area (Å²) >= 11 is 0. The number of hydrogen-bond donors (Lipinski definition) is 3. The van der Waals surface area contributed by atoms with E-state index in [0.29, 0.717) is 19.6 Å². The Bertz CT molecular complexity index is 820. The highest BCUT2D eigenvalue weighted by Crippen LogP contribution is 2.26. The third-order valence-corrected chi connectivity index (χ3v) is 4.87. The van der Waals surface area contributed by atoms with Crippen LogP contribution in [0.25, 0.3) is 0 Å². The average Bonchev–Trinajstić information content (AvgIpc) is 2.72. The topological polar surface area (TPSA) is 79.5 Å². The van der Waals surface area contributed by atoms with E-state index in [-0.39, 0.29) is 23.9 Å². The molecule has 28 heavy (non-hydrogen) atoms. The fourth-order valence-corrected chi connectivity index (χ4v) is 3.19. The predicted molar refractivity (Wildman–Crippen MR) is 109 cm³/mol. The molecule has 0 saturated carbocycles. The first-order chi connectivity index (χ1) is 13.5. The Hall–Kier alpha value is -3.02. The third-order valence-electron chi connectivity index (χ3n) is 4.87. The van der Waals surface area contributed by atoms with Crippen LogP contribution in [0.3, 0.4) is 0 Å². The number of anilines is 1. The molecule has 0 bridgehead atoms. The number of amides is 3. The number of rotatable bonds is 6. The molecule has 3 N–H and O–H groups in total. The SMILES string of the molecule is CCC(=O)Nc1ccc(C(C)NC(=O)NCC2COc3ccccc3C2)cc1. The second kappa shape index (κ2) is 9.26. The number of fused-ring (bicyclic) bond motifs is 1. The number of carbonyl (C=O) groups is 2. The van der Waals surface area contributed by atoms with Gasteiger partial charge in [0.25, 0.3) is 0 Å². The predicted octanol–water partition coefficient (Wildman–Crippen LogP) is 3.65. The van der Waals surface area contributed by atoms with E-state index in [2.05, 4.69) is 22.0 Å². The molecule has 2 aromatic rings. The molecule has 0 aliphatic carbocycles. The van der Waals surface area contributed by atoms with Gasteiger partial charge >= 0.3 is 6.03 Å². The van der Waals surface area contributed by atoms with E-state index in [1.807, 2.05) is 56.3 Å². The Morgan fingerprint density at radius 1 is 1.14 bits per heavy atom. The summed E-state index contributed by atoms with van der Waals surface area (Å²) in [6.45, 7) is 4.92. The molecule has 6 heteroatoms. The number of urea groups is 1. The largest absolute Gasteiger partial charge is 0.493 e. The van der Waals surface area contributed by atoms with Gasteiger partial charge in [0, 0.05) is 24.6 Å². The number of para-hydroxylation sites is 1. The Kier molecular flexibility index (Phi) is 6.53. The minimum Gasteiger partial charge on any atom is -0.493 e. The molecule has 2 unspecified atom stereocenters. The molecular weight excluding hydrogens is 354 g/mol. The van der Waals surface area contributed by atoms with Crippen molar-refractivity contribution >= 4 is 17.6 Å². The first-order valence-electron chi connectivity index (χ1n) is 9.70. The zero-order chi connectivity index (χ0) is 19.9. The molecule has 0 spiro atoms. The third kappa shape index (κ3) is 5.25. The lowest BCUT2D eigenvalue weighted by Crippen LogP contribution is -2.41. The van der Waals surface area contributed by atoms with Crippen LogP contribution in [0.15, 0.2) is 48.5 Å². The zero-order valence-electron chi connectivity index (χ0n) is 16.3. The molecule has 0 saturated heterocycles. The normalized spacial score (nSPS) is 16.3. The van der Waals surface area contributed by atoms with Gasteiger partial charge in [-0.1, -0.05) is 37.3 Å². The van der Waals surface area contributed by atoms with Gasteiger partial charge < -0.3 is 20.7 Å². The minimum atomic E-state index is -0.199. The van der Waals surface area contributed by atoms with Crippen molar-refractivity contribution in [2.45, 2.75) is 32.7 Å². The molecular formula is C22H27N3O3. The Labute approximate surface area is 165 Å². The first kappa shape index (κ1) is 19.7. The van der Waals surface area contributed by atoms with Crippen molar-refractivity contribution in [2.24, 2.45) is 5.92 Å². The van der Waals surface area contributed by atoms with Crippen molar-refractivity contribution in [3.63, 3.8) is 0 Å². The van der Waals surface area contributed by atoms with E-state index in [9.17, 15) is 9.59 Å². The van der Waals surface area contributed by atoms with E-state index in [1.54, 1.807) is 0 Å². The number of nitrogens with one attached hydrogen (secondary N) is 3. The Balaban J connectivity index is 1.45. The van der Waals surface area contributed by atoms with E-state index < -0.39 is 0 Å². The van der Waals surface area contributed by atoms with Crippen LogP contribution in [-0.2, 0) is 11.2 Å². The van der Waals surface area contributed by atoms with Crippen LogP contribution in [0.2, 0.25) is 0 Å². The van der Waals surface area contributed by atoms with Crippen molar-refractivity contribution in [1.29, 1.82) is 0 Å². The summed E-state index contributed by atoms with van der Waals surface area (Å²) in [6.07, 6.45) is 1.34. The summed E-state index contributed by atoms with van der Waals surface area (Å²) in [5, 5.41) is 8.70. The number of benzene rings is 2. The van der Waals surface area contributed by atoms with Crippen LogP contribution < -0.4 is 20.7 Å². The number of carbonyl (C=O) groups excluding carboxylic acids is 2. The molecule has 0 fully saturated rings. The van der Waals surface area contributed by atoms with E-state index in [1.165, 1.54) is 5.56 Å². The quantitative estimate of drug-likeness (QED) is 0.715. The first-order valence-corrected chi connectivity index (χ1v) is 9.70. The van der Waals surface area contributed by atoms with Gasteiger partial charge in [0.2, 0.25) is 5.91 Å². The molecule has 1 heterocycles. The van der Waals surface area contributed by atoms with Gasteiger partial charge in [-0.2, -0.15) is 0 Å². The van der Waals surface area contributed by atoms with Gasteiger partial charge in [-0.05, 0) is 42.7 Å². The van der Waals surface area contributed by atoms with Crippen LogP contribution in [0.4, 0.5) is 10.5 Å². The second-order valence-corrected chi connectivity index (χ2v) is 7.09. The van der Waals surface area contributed by atoms with E-state index >= 15 is 0 Å². The fourth-order valence-electron chi connectivity index (χ4n) is 3.19. The standard InChI is InChI=1S/C22H27N3O3/c1-3-21(26)25-19-10-8-17(9-11-19)15(2)24-22(27)23-13-16-12-18-6-4-5-7-20(18)28-14-16/h4-11,15-16H,3,12-14H2,1-2H3,(H,25,26)(H2,23,24,27). The molecule has 148 valence electrons. The molecule has 1 aliphatic heterocycles. The van der Waals surface area contributed by atoms with Crippen LogP contribution in [0.5, 0.6) is 5.75 Å². The maximum Gasteiger partial charge on any atom is 0.315 e. The van der Waals surface area contributed by atoms with Crippen molar-refractivity contribution in [3.8, 4) is 5.75 Å². The van der Waals surface area contributed by atoms with Crippen LogP contribution in [-0.4, -0.2) is 25.1 Å². The summed E-state index contributed by atoms with van der Waals surface area (Å²) in [5.74, 6) is 1.18. The molecule has 0 aromatic heterocycles. The van der Waals surface area contributed by atoms with Gasteiger partial charge in [0.05, 0.1) is 12.6 Å².